The molecule has 0 aliphatic rings. The van der Waals surface area contributed by atoms with Gasteiger partial charge in [-0.3, -0.25) is 9.97 Å². The molecule has 2 radical (unpaired) electrons. The second-order valence-corrected chi connectivity index (χ2v) is 2.92. The summed E-state index contributed by atoms with van der Waals surface area (Å²) >= 11 is 2.21. The van der Waals surface area contributed by atoms with Crippen molar-refractivity contribution >= 4 is 16.6 Å². The number of rotatable bonds is 2. The van der Waals surface area contributed by atoms with E-state index >= 15 is 0 Å². The van der Waals surface area contributed by atoms with Crippen molar-refractivity contribution in [2.45, 2.75) is 0 Å². The fraction of sp³-hybridized carbons (Fsp3) is 0. The first-order valence-electron chi connectivity index (χ1n) is 4.15. The topological polar surface area (TPSA) is 35.0 Å². The van der Waals surface area contributed by atoms with E-state index in [-0.39, 0.29) is 0 Å². The first kappa shape index (κ1) is 9.20. The van der Waals surface area contributed by atoms with Crippen molar-refractivity contribution in [2.75, 3.05) is 0 Å². The van der Waals surface area contributed by atoms with Crippen LogP contribution in [0.1, 0.15) is 0 Å². The molecule has 2 rings (SSSR count). The average Bonchev–Trinajstić information content (AvgIpc) is 2.30. The largest absolute Gasteiger partial charge is 0.652 e. The first-order chi connectivity index (χ1) is 6.92. The molecule has 2 heterocycles. The Hall–Kier alpha value is -1.37. The van der Waals surface area contributed by atoms with E-state index in [1.165, 1.54) is 0 Å². The van der Waals surface area contributed by atoms with E-state index < -0.39 is 0 Å². The molecule has 0 aliphatic carbocycles. The van der Waals surface area contributed by atoms with Gasteiger partial charge in [0.2, 0.25) is 0 Å². The van der Waals surface area contributed by atoms with E-state index in [9.17, 15) is 0 Å². The minimum atomic E-state index is 0.705. The summed E-state index contributed by atoms with van der Waals surface area (Å²) in [6.45, 7) is 0. The fourth-order valence-corrected chi connectivity index (χ4v) is 1.37. The van der Waals surface area contributed by atoms with E-state index in [1.807, 2.05) is 30.3 Å². The lowest BCUT2D eigenvalue weighted by atomic mass is 10.2. The number of pyridine rings is 2. The number of hydrogen-bond acceptors (Lipinski definition) is 3. The minimum absolute atomic E-state index is 0.705. The van der Waals surface area contributed by atoms with Crippen LogP contribution in [0.25, 0.3) is 11.4 Å². The Morgan fingerprint density at radius 2 is 1.86 bits per heavy atom. The Labute approximate surface area is 90.5 Å². The van der Waals surface area contributed by atoms with E-state index in [0.717, 1.165) is 11.4 Å². The Bertz CT molecular complexity index is 419. The smallest absolute Gasteiger partial charge is 0.482 e. The Morgan fingerprint density at radius 3 is 2.57 bits per heavy atom. The number of hydrogen-bond donors (Lipinski definition) is 0. The van der Waals surface area contributed by atoms with Gasteiger partial charge in [0, 0.05) is 12.4 Å². The maximum Gasteiger partial charge on any atom is 0.482 e. The third-order valence-electron chi connectivity index (χ3n) is 1.81. The molecule has 2 aromatic heterocycles. The molecule has 0 bridgehead atoms. The molecular weight excluding hydrogens is 191 g/mol. The highest BCUT2D eigenvalue weighted by atomic mass is 27.1. The molecule has 3 nitrogen and oxygen atoms in total. The van der Waals surface area contributed by atoms with Crippen molar-refractivity contribution < 1.29 is 3.79 Å². The van der Waals surface area contributed by atoms with Gasteiger partial charge >= 0.3 is 16.6 Å². The van der Waals surface area contributed by atoms with Crippen LogP contribution < -0.4 is 3.79 Å². The SMILES string of the molecule is [Al][O]c1cccnc1-c1ccccn1. The lowest BCUT2D eigenvalue weighted by molar-refractivity contribution is 0.614. The quantitative estimate of drug-likeness (QED) is 0.687. The molecule has 0 N–H and O–H groups in total. The van der Waals surface area contributed by atoms with Gasteiger partial charge in [-0.05, 0) is 24.3 Å². The van der Waals surface area contributed by atoms with Gasteiger partial charge in [0.1, 0.15) is 11.4 Å². The van der Waals surface area contributed by atoms with Crippen LogP contribution in [0.15, 0.2) is 42.7 Å². The Balaban J connectivity index is 2.51. The number of nitrogens with zero attached hydrogens (tertiary/aromatic N) is 2. The zero-order chi connectivity index (χ0) is 9.80. The molecule has 0 unspecified atom stereocenters. The van der Waals surface area contributed by atoms with Crippen molar-refractivity contribution in [1.29, 1.82) is 0 Å². The van der Waals surface area contributed by atoms with Gasteiger partial charge in [-0.15, -0.1) is 0 Å². The molecule has 4 heteroatoms. The van der Waals surface area contributed by atoms with Gasteiger partial charge < -0.3 is 3.79 Å². The Kier molecular flexibility index (Phi) is 2.78. The van der Waals surface area contributed by atoms with Crippen LogP contribution in [0.4, 0.5) is 0 Å². The van der Waals surface area contributed by atoms with Crippen LogP contribution in [-0.2, 0) is 0 Å². The van der Waals surface area contributed by atoms with Gasteiger partial charge in [0.05, 0.1) is 5.69 Å². The van der Waals surface area contributed by atoms with Crippen molar-refractivity contribution in [1.82, 2.24) is 9.97 Å². The molecule has 2 aromatic rings. The molecule has 0 fully saturated rings. The summed E-state index contributed by atoms with van der Waals surface area (Å²) < 4.78 is 5.11. The van der Waals surface area contributed by atoms with Crippen LogP contribution in [0, 0.1) is 0 Å². The summed E-state index contributed by atoms with van der Waals surface area (Å²) in [4.78, 5) is 8.42. The maximum atomic E-state index is 5.11. The zero-order valence-electron chi connectivity index (χ0n) is 7.42. The zero-order valence-corrected chi connectivity index (χ0v) is 8.58. The van der Waals surface area contributed by atoms with Gasteiger partial charge in [0.25, 0.3) is 0 Å². The van der Waals surface area contributed by atoms with Crippen LogP contribution >= 0.6 is 0 Å². The standard InChI is InChI=1S/C10H8N2O.Al/c13-9-5-3-7-12-10(9)8-4-1-2-6-11-8;/h1-7,13H;/q;+1/p-1. The monoisotopic (exact) mass is 198 g/mol. The molecule has 14 heavy (non-hydrogen) atoms. The molecular formula is C10H7AlN2O. The third kappa shape index (κ3) is 1.77. The molecule has 0 aromatic carbocycles. The predicted molar refractivity (Wildman–Crippen MR) is 53.9 cm³/mol. The highest BCUT2D eigenvalue weighted by molar-refractivity contribution is 6.00. The maximum absolute atomic E-state index is 5.11. The molecule has 66 valence electrons. The van der Waals surface area contributed by atoms with Gasteiger partial charge in [-0.1, -0.05) is 6.07 Å². The van der Waals surface area contributed by atoms with Gasteiger partial charge in [-0.25, -0.2) is 0 Å². The van der Waals surface area contributed by atoms with Crippen molar-refractivity contribution in [3.8, 4) is 17.1 Å². The normalized spacial score (nSPS) is 9.71. The minimum Gasteiger partial charge on any atom is -0.652 e. The summed E-state index contributed by atoms with van der Waals surface area (Å²) in [6.07, 6.45) is 3.45. The predicted octanol–water partition coefficient (Wildman–Crippen LogP) is 1.61. The molecule has 0 amide bonds. The van der Waals surface area contributed by atoms with E-state index in [1.54, 1.807) is 12.4 Å². The van der Waals surface area contributed by atoms with Crippen molar-refractivity contribution in [3.63, 3.8) is 0 Å². The summed E-state index contributed by atoms with van der Waals surface area (Å²) in [7, 11) is 0. The van der Waals surface area contributed by atoms with Gasteiger partial charge in [-0.2, -0.15) is 0 Å². The average molecular weight is 198 g/mol. The highest BCUT2D eigenvalue weighted by Crippen LogP contribution is 2.24. The third-order valence-corrected chi connectivity index (χ3v) is 2.06. The molecule has 0 spiro atoms. The van der Waals surface area contributed by atoms with Crippen LogP contribution in [-0.4, -0.2) is 26.6 Å². The van der Waals surface area contributed by atoms with Crippen LogP contribution in [0.3, 0.4) is 0 Å². The van der Waals surface area contributed by atoms with Crippen LogP contribution in [0.2, 0.25) is 0 Å². The Morgan fingerprint density at radius 1 is 1.00 bits per heavy atom. The fourth-order valence-electron chi connectivity index (χ4n) is 1.18. The molecule has 0 saturated carbocycles. The molecule has 0 atom stereocenters. The first-order valence-corrected chi connectivity index (χ1v) is 4.62. The molecule has 0 aliphatic heterocycles. The lowest BCUT2D eigenvalue weighted by Crippen LogP contribution is -1.93. The summed E-state index contributed by atoms with van der Waals surface area (Å²) in [6, 6.07) is 9.36. The summed E-state index contributed by atoms with van der Waals surface area (Å²) in [5.41, 5.74) is 1.56. The van der Waals surface area contributed by atoms with E-state index in [0.29, 0.717) is 5.75 Å². The highest BCUT2D eigenvalue weighted by Gasteiger charge is 2.04. The van der Waals surface area contributed by atoms with E-state index in [2.05, 4.69) is 26.6 Å². The van der Waals surface area contributed by atoms with Crippen LogP contribution in [0.5, 0.6) is 5.75 Å². The lowest BCUT2D eigenvalue weighted by Gasteiger charge is -2.07. The van der Waals surface area contributed by atoms with Crippen molar-refractivity contribution in [3.05, 3.63) is 42.7 Å². The second kappa shape index (κ2) is 4.23. The van der Waals surface area contributed by atoms with Gasteiger partial charge in [0.15, 0.2) is 0 Å². The van der Waals surface area contributed by atoms with Crippen molar-refractivity contribution in [2.24, 2.45) is 0 Å². The second-order valence-electron chi connectivity index (χ2n) is 2.68. The number of aromatic nitrogens is 2. The summed E-state index contributed by atoms with van der Waals surface area (Å²) in [5, 5.41) is 0. The molecule has 0 saturated heterocycles. The summed E-state index contributed by atoms with van der Waals surface area (Å²) in [5.74, 6) is 0.705. The van der Waals surface area contributed by atoms with E-state index in [4.69, 9.17) is 3.79 Å².